The molecule has 4 rings (SSSR count). The summed E-state index contributed by atoms with van der Waals surface area (Å²) in [6.45, 7) is 2.50. The van der Waals surface area contributed by atoms with E-state index in [4.69, 9.17) is 4.42 Å². The molecule has 30 heavy (non-hydrogen) atoms. The molecule has 0 aliphatic carbocycles. The highest BCUT2D eigenvalue weighted by atomic mass is 16.3. The van der Waals surface area contributed by atoms with Gasteiger partial charge in [0.15, 0.2) is 11.5 Å². The van der Waals surface area contributed by atoms with Gasteiger partial charge in [0, 0.05) is 37.1 Å². The second kappa shape index (κ2) is 9.32. The van der Waals surface area contributed by atoms with Gasteiger partial charge in [-0.1, -0.05) is 18.2 Å². The molecule has 1 aliphatic rings. The molecule has 2 amide bonds. The Hall–Kier alpha value is -3.52. The third-order valence-corrected chi connectivity index (χ3v) is 5.06. The highest BCUT2D eigenvalue weighted by molar-refractivity contribution is 6.07. The van der Waals surface area contributed by atoms with Crippen molar-refractivity contribution in [3.63, 3.8) is 0 Å². The van der Waals surface area contributed by atoms with E-state index in [1.807, 2.05) is 18.2 Å². The second-order valence-electron chi connectivity index (χ2n) is 7.18. The van der Waals surface area contributed by atoms with Crippen LogP contribution in [0.4, 0.5) is 5.82 Å². The minimum absolute atomic E-state index is 0.0463. The van der Waals surface area contributed by atoms with Crippen molar-refractivity contribution >= 4 is 17.6 Å². The monoisotopic (exact) mass is 405 g/mol. The first-order chi connectivity index (χ1) is 14.7. The van der Waals surface area contributed by atoms with Crippen LogP contribution in [-0.4, -0.2) is 45.8 Å². The molecule has 1 aromatic carbocycles. The molecule has 0 spiro atoms. The molecule has 1 aliphatic heterocycles. The van der Waals surface area contributed by atoms with Gasteiger partial charge in [-0.25, -0.2) is 9.97 Å². The zero-order valence-electron chi connectivity index (χ0n) is 16.5. The van der Waals surface area contributed by atoms with E-state index in [0.717, 1.165) is 38.2 Å². The number of furan rings is 1. The average molecular weight is 405 g/mol. The lowest BCUT2D eigenvalue weighted by Gasteiger charge is -2.31. The van der Waals surface area contributed by atoms with E-state index in [1.165, 1.54) is 12.4 Å². The maximum atomic E-state index is 12.8. The Morgan fingerprint density at radius 1 is 1.00 bits per heavy atom. The van der Waals surface area contributed by atoms with Crippen molar-refractivity contribution in [3.8, 4) is 0 Å². The van der Waals surface area contributed by atoms with Crippen LogP contribution in [0, 0.1) is 0 Å². The molecule has 0 atom stereocenters. The molecule has 0 radical (unpaired) electrons. The summed E-state index contributed by atoms with van der Waals surface area (Å²) in [5.74, 6) is 0.419. The van der Waals surface area contributed by atoms with Crippen molar-refractivity contribution in [1.29, 1.82) is 0 Å². The predicted octanol–water partition coefficient (Wildman–Crippen LogP) is 2.72. The number of anilines is 1. The SMILES string of the molecule is O=C(Nc1nccnc1C(=O)NC1CCN(Cc2ccco2)CC1)c1ccccc1. The summed E-state index contributed by atoms with van der Waals surface area (Å²) in [7, 11) is 0. The Morgan fingerprint density at radius 3 is 2.50 bits per heavy atom. The van der Waals surface area contributed by atoms with Gasteiger partial charge in [-0.05, 0) is 37.1 Å². The number of nitrogens with zero attached hydrogens (tertiary/aromatic N) is 3. The van der Waals surface area contributed by atoms with E-state index < -0.39 is 0 Å². The van der Waals surface area contributed by atoms with Crippen molar-refractivity contribution in [2.45, 2.75) is 25.4 Å². The van der Waals surface area contributed by atoms with E-state index in [-0.39, 0.29) is 29.4 Å². The standard InChI is InChI=1S/C22H23N5O3/c28-21(16-5-2-1-3-6-16)26-20-19(23-10-11-24-20)22(29)25-17-8-12-27(13-9-17)15-18-7-4-14-30-18/h1-7,10-11,14,17H,8-9,12-13,15H2,(H,25,29)(H,24,26,28). The van der Waals surface area contributed by atoms with Crippen molar-refractivity contribution in [1.82, 2.24) is 20.2 Å². The Morgan fingerprint density at radius 2 is 1.77 bits per heavy atom. The fraction of sp³-hybridized carbons (Fsp3) is 0.273. The number of hydrogen-bond donors (Lipinski definition) is 2. The van der Waals surface area contributed by atoms with Crippen molar-refractivity contribution in [3.05, 3.63) is 78.1 Å². The summed E-state index contributed by atoms with van der Waals surface area (Å²) >= 11 is 0. The third-order valence-electron chi connectivity index (χ3n) is 5.06. The number of rotatable bonds is 6. The molecule has 2 N–H and O–H groups in total. The molecule has 2 aromatic heterocycles. The number of piperidine rings is 1. The van der Waals surface area contributed by atoms with E-state index in [2.05, 4.69) is 25.5 Å². The molecule has 1 saturated heterocycles. The fourth-order valence-electron chi connectivity index (χ4n) is 3.48. The largest absolute Gasteiger partial charge is 0.468 e. The van der Waals surface area contributed by atoms with Crippen LogP contribution in [0.2, 0.25) is 0 Å². The smallest absolute Gasteiger partial charge is 0.273 e. The van der Waals surface area contributed by atoms with E-state index in [0.29, 0.717) is 5.56 Å². The highest BCUT2D eigenvalue weighted by Crippen LogP contribution is 2.16. The number of hydrogen-bond acceptors (Lipinski definition) is 6. The summed E-state index contributed by atoms with van der Waals surface area (Å²) in [5.41, 5.74) is 0.596. The van der Waals surface area contributed by atoms with Gasteiger partial charge < -0.3 is 15.1 Å². The second-order valence-corrected chi connectivity index (χ2v) is 7.18. The molecule has 0 bridgehead atoms. The van der Waals surface area contributed by atoms with Crippen LogP contribution in [0.15, 0.2) is 65.5 Å². The third kappa shape index (κ3) is 4.90. The quantitative estimate of drug-likeness (QED) is 0.654. The molecule has 154 valence electrons. The topological polar surface area (TPSA) is 100 Å². The number of nitrogens with one attached hydrogen (secondary N) is 2. The first-order valence-electron chi connectivity index (χ1n) is 9.92. The van der Waals surface area contributed by atoms with E-state index in [9.17, 15) is 9.59 Å². The molecule has 1 fully saturated rings. The number of likely N-dealkylation sites (tertiary alicyclic amines) is 1. The van der Waals surface area contributed by atoms with Crippen LogP contribution in [0.1, 0.15) is 39.4 Å². The van der Waals surface area contributed by atoms with Gasteiger partial charge in [0.1, 0.15) is 5.76 Å². The summed E-state index contributed by atoms with van der Waals surface area (Å²) in [5, 5.41) is 5.71. The minimum Gasteiger partial charge on any atom is -0.468 e. The summed E-state index contributed by atoms with van der Waals surface area (Å²) in [6, 6.07) is 12.7. The number of benzene rings is 1. The Balaban J connectivity index is 1.34. The van der Waals surface area contributed by atoms with Gasteiger partial charge in [-0.3, -0.25) is 14.5 Å². The van der Waals surface area contributed by atoms with Crippen LogP contribution in [0.5, 0.6) is 0 Å². The molecular weight excluding hydrogens is 382 g/mol. The van der Waals surface area contributed by atoms with Gasteiger partial charge >= 0.3 is 0 Å². The predicted molar refractivity (Wildman–Crippen MR) is 111 cm³/mol. The van der Waals surface area contributed by atoms with Crippen LogP contribution in [0.3, 0.4) is 0 Å². The molecule has 8 heteroatoms. The number of aromatic nitrogens is 2. The van der Waals surface area contributed by atoms with E-state index >= 15 is 0 Å². The summed E-state index contributed by atoms with van der Waals surface area (Å²) in [6.07, 6.45) is 6.23. The van der Waals surface area contributed by atoms with Gasteiger partial charge in [0.25, 0.3) is 11.8 Å². The van der Waals surface area contributed by atoms with Crippen LogP contribution in [0.25, 0.3) is 0 Å². The van der Waals surface area contributed by atoms with Gasteiger partial charge in [-0.15, -0.1) is 0 Å². The summed E-state index contributed by atoms with van der Waals surface area (Å²) < 4.78 is 5.40. The Kier molecular flexibility index (Phi) is 6.14. The number of carbonyl (C=O) groups excluding carboxylic acids is 2. The zero-order chi connectivity index (χ0) is 20.8. The van der Waals surface area contributed by atoms with E-state index in [1.54, 1.807) is 30.5 Å². The highest BCUT2D eigenvalue weighted by Gasteiger charge is 2.24. The molecule has 3 aromatic rings. The average Bonchev–Trinajstić information content (AvgIpc) is 3.29. The molecule has 8 nitrogen and oxygen atoms in total. The number of carbonyl (C=O) groups is 2. The van der Waals surface area contributed by atoms with Crippen molar-refractivity contribution in [2.75, 3.05) is 18.4 Å². The molecular formula is C22H23N5O3. The number of amides is 2. The van der Waals surface area contributed by atoms with Gasteiger partial charge in [0.2, 0.25) is 0 Å². The molecule has 0 saturated carbocycles. The Bertz CT molecular complexity index is 983. The summed E-state index contributed by atoms with van der Waals surface area (Å²) in [4.78, 5) is 35.8. The lowest BCUT2D eigenvalue weighted by molar-refractivity contribution is 0.0902. The first-order valence-corrected chi connectivity index (χ1v) is 9.92. The maximum Gasteiger partial charge on any atom is 0.273 e. The normalized spacial score (nSPS) is 14.9. The minimum atomic E-state index is -0.337. The van der Waals surface area contributed by atoms with Gasteiger partial charge in [-0.2, -0.15) is 0 Å². The van der Waals surface area contributed by atoms with Crippen LogP contribution < -0.4 is 10.6 Å². The lowest BCUT2D eigenvalue weighted by Crippen LogP contribution is -2.44. The van der Waals surface area contributed by atoms with Crippen LogP contribution in [-0.2, 0) is 6.54 Å². The zero-order valence-corrected chi connectivity index (χ0v) is 16.5. The first kappa shape index (κ1) is 19.8. The molecule has 0 unspecified atom stereocenters. The maximum absolute atomic E-state index is 12.8. The van der Waals surface area contributed by atoms with Crippen molar-refractivity contribution in [2.24, 2.45) is 0 Å². The van der Waals surface area contributed by atoms with Crippen molar-refractivity contribution < 1.29 is 14.0 Å². The van der Waals surface area contributed by atoms with Crippen LogP contribution >= 0.6 is 0 Å². The lowest BCUT2D eigenvalue weighted by atomic mass is 10.0. The molecule has 3 heterocycles. The fourth-order valence-corrected chi connectivity index (χ4v) is 3.48. The Labute approximate surface area is 174 Å². The van der Waals surface area contributed by atoms with Gasteiger partial charge in [0.05, 0.1) is 12.8 Å².